The van der Waals surface area contributed by atoms with Gasteiger partial charge in [0.2, 0.25) is 0 Å². The number of carbonyl (C=O) groups excluding carboxylic acids is 1. The molecule has 0 aliphatic carbocycles. The van der Waals surface area contributed by atoms with Crippen molar-refractivity contribution in [2.45, 2.75) is 51.4 Å². The third-order valence-electron chi connectivity index (χ3n) is 3.10. The summed E-state index contributed by atoms with van der Waals surface area (Å²) in [5.74, 6) is -0.0267. The van der Waals surface area contributed by atoms with Gasteiger partial charge in [-0.05, 0) is 12.0 Å². The number of benzene rings is 1. The average molecular weight is 250 g/mol. The fourth-order valence-electron chi connectivity index (χ4n) is 2.07. The van der Waals surface area contributed by atoms with E-state index in [0.29, 0.717) is 0 Å². The number of hydrogen-bond acceptors (Lipinski definition) is 1. The molecule has 0 aliphatic heterocycles. The lowest BCUT2D eigenvalue weighted by Crippen LogP contribution is -2.06. The minimum absolute atomic E-state index is 0.00769. The van der Waals surface area contributed by atoms with E-state index in [4.69, 9.17) is 0 Å². The first-order valence-electron chi connectivity index (χ1n) is 6.53. The molecular weight excluding hydrogens is 228 g/mol. The quantitative estimate of drug-likeness (QED) is 0.527. The van der Waals surface area contributed by atoms with Gasteiger partial charge in [-0.1, -0.05) is 69.4 Å². The lowest BCUT2D eigenvalue weighted by atomic mass is 9.94. The van der Waals surface area contributed by atoms with Crippen LogP contribution < -0.4 is 0 Å². The molecule has 0 fully saturated rings. The van der Waals surface area contributed by atoms with Gasteiger partial charge in [0.1, 0.15) is 0 Å². The van der Waals surface area contributed by atoms with Crippen LogP contribution in [0.2, 0.25) is 0 Å². The Morgan fingerprint density at radius 3 is 2.35 bits per heavy atom. The highest BCUT2D eigenvalue weighted by atomic mass is 32.1. The molecule has 0 amide bonds. The van der Waals surface area contributed by atoms with E-state index in [1.165, 1.54) is 25.7 Å². The van der Waals surface area contributed by atoms with E-state index in [1.54, 1.807) is 0 Å². The molecule has 1 unspecified atom stereocenters. The second kappa shape index (κ2) is 8.35. The lowest BCUT2D eigenvalue weighted by Gasteiger charge is -2.13. The first-order valence-corrected chi connectivity index (χ1v) is 6.98. The maximum Gasteiger partial charge on any atom is 0.193 e. The minimum atomic E-state index is -0.0267. The van der Waals surface area contributed by atoms with E-state index < -0.39 is 0 Å². The Hall–Kier alpha value is -0.760. The summed E-state index contributed by atoms with van der Waals surface area (Å²) in [6.07, 6.45) is 7.09. The predicted octanol–water partition coefficient (Wildman–Crippen LogP) is 4.59. The molecule has 0 saturated carbocycles. The fraction of sp³-hybridized carbons (Fsp3) is 0.533. The van der Waals surface area contributed by atoms with Gasteiger partial charge >= 0.3 is 0 Å². The Morgan fingerprint density at radius 2 is 1.76 bits per heavy atom. The zero-order valence-electron chi connectivity index (χ0n) is 10.6. The van der Waals surface area contributed by atoms with Gasteiger partial charge < -0.3 is 0 Å². The zero-order chi connectivity index (χ0) is 12.5. The molecule has 0 aliphatic rings. The van der Waals surface area contributed by atoms with Gasteiger partial charge in [-0.25, -0.2) is 0 Å². The molecule has 1 nitrogen and oxygen atoms in total. The Balaban J connectivity index is 2.42. The van der Waals surface area contributed by atoms with Crippen molar-refractivity contribution in [3.63, 3.8) is 0 Å². The van der Waals surface area contributed by atoms with E-state index in [2.05, 4.69) is 19.6 Å². The van der Waals surface area contributed by atoms with Gasteiger partial charge in [-0.3, -0.25) is 4.79 Å². The maximum absolute atomic E-state index is 11.5. The van der Waals surface area contributed by atoms with Crippen LogP contribution in [0.25, 0.3) is 0 Å². The summed E-state index contributed by atoms with van der Waals surface area (Å²) >= 11 is 4.01. The highest BCUT2D eigenvalue weighted by Gasteiger charge is 2.16. The number of rotatable bonds is 8. The van der Waals surface area contributed by atoms with Gasteiger partial charge in [-0.2, -0.15) is 0 Å². The maximum atomic E-state index is 11.5. The van der Waals surface area contributed by atoms with Crippen molar-refractivity contribution in [3.05, 3.63) is 35.9 Å². The molecular formula is C15H22OS. The first kappa shape index (κ1) is 14.3. The predicted molar refractivity (Wildman–Crippen MR) is 76.6 cm³/mol. The number of thiol groups is 1. The van der Waals surface area contributed by atoms with Crippen molar-refractivity contribution < 1.29 is 4.79 Å². The van der Waals surface area contributed by atoms with Crippen LogP contribution >= 0.6 is 12.6 Å². The SMILES string of the molecule is CCCCCCCC(C(=O)S)c1ccccc1. The molecule has 1 rings (SSSR count). The van der Waals surface area contributed by atoms with E-state index in [0.717, 1.165) is 18.4 Å². The molecule has 1 atom stereocenters. The molecule has 1 aromatic carbocycles. The van der Waals surface area contributed by atoms with Crippen molar-refractivity contribution in [3.8, 4) is 0 Å². The molecule has 0 radical (unpaired) electrons. The van der Waals surface area contributed by atoms with Crippen molar-refractivity contribution in [2.75, 3.05) is 0 Å². The van der Waals surface area contributed by atoms with Gasteiger partial charge in [0, 0.05) is 0 Å². The topological polar surface area (TPSA) is 17.1 Å². The molecule has 0 bridgehead atoms. The molecule has 0 N–H and O–H groups in total. The van der Waals surface area contributed by atoms with Crippen LogP contribution in [0, 0.1) is 0 Å². The summed E-state index contributed by atoms with van der Waals surface area (Å²) in [5.41, 5.74) is 1.10. The standard InChI is InChI=1S/C15H22OS/c1-2-3-4-5-9-12-14(15(16)17)13-10-7-6-8-11-13/h6-8,10-11,14H,2-5,9,12H2,1H3,(H,16,17). The highest BCUT2D eigenvalue weighted by molar-refractivity contribution is 7.96. The van der Waals surface area contributed by atoms with Gasteiger partial charge in [0.25, 0.3) is 0 Å². The average Bonchev–Trinajstić information content (AvgIpc) is 2.34. The minimum Gasteiger partial charge on any atom is -0.287 e. The van der Waals surface area contributed by atoms with Crippen molar-refractivity contribution in [1.82, 2.24) is 0 Å². The molecule has 17 heavy (non-hydrogen) atoms. The smallest absolute Gasteiger partial charge is 0.193 e. The van der Waals surface area contributed by atoms with Crippen molar-refractivity contribution in [1.29, 1.82) is 0 Å². The van der Waals surface area contributed by atoms with E-state index in [-0.39, 0.29) is 11.0 Å². The lowest BCUT2D eigenvalue weighted by molar-refractivity contribution is -0.112. The van der Waals surface area contributed by atoms with Gasteiger partial charge in [-0.15, -0.1) is 12.6 Å². The van der Waals surface area contributed by atoms with Crippen LogP contribution in [-0.2, 0) is 4.79 Å². The molecule has 2 heteroatoms. The molecule has 94 valence electrons. The summed E-state index contributed by atoms with van der Waals surface area (Å²) in [5, 5.41) is -0.00769. The Labute approximate surface area is 110 Å². The fourth-order valence-corrected chi connectivity index (χ4v) is 2.35. The molecule has 0 aromatic heterocycles. The highest BCUT2D eigenvalue weighted by Crippen LogP contribution is 2.24. The van der Waals surface area contributed by atoms with E-state index in [1.807, 2.05) is 30.3 Å². The summed E-state index contributed by atoms with van der Waals surface area (Å²) in [7, 11) is 0. The number of unbranched alkanes of at least 4 members (excludes halogenated alkanes) is 4. The van der Waals surface area contributed by atoms with Crippen LogP contribution in [0.4, 0.5) is 0 Å². The third-order valence-corrected chi connectivity index (χ3v) is 3.41. The van der Waals surface area contributed by atoms with Crippen LogP contribution in [0.3, 0.4) is 0 Å². The van der Waals surface area contributed by atoms with Crippen molar-refractivity contribution >= 4 is 17.7 Å². The largest absolute Gasteiger partial charge is 0.287 e. The van der Waals surface area contributed by atoms with Gasteiger partial charge in [0.05, 0.1) is 5.92 Å². The Kier molecular flexibility index (Phi) is 7.02. The molecule has 0 saturated heterocycles. The monoisotopic (exact) mass is 250 g/mol. The normalized spacial score (nSPS) is 12.4. The number of carbonyl (C=O) groups is 1. The van der Waals surface area contributed by atoms with Crippen LogP contribution in [-0.4, -0.2) is 5.12 Å². The van der Waals surface area contributed by atoms with Crippen molar-refractivity contribution in [2.24, 2.45) is 0 Å². The summed E-state index contributed by atoms with van der Waals surface area (Å²) < 4.78 is 0. The summed E-state index contributed by atoms with van der Waals surface area (Å²) in [4.78, 5) is 11.5. The second-order valence-electron chi connectivity index (χ2n) is 4.50. The van der Waals surface area contributed by atoms with E-state index in [9.17, 15) is 4.79 Å². The molecule has 0 spiro atoms. The van der Waals surface area contributed by atoms with Crippen LogP contribution in [0.1, 0.15) is 56.9 Å². The zero-order valence-corrected chi connectivity index (χ0v) is 11.5. The van der Waals surface area contributed by atoms with E-state index >= 15 is 0 Å². The first-order chi connectivity index (χ1) is 8.25. The summed E-state index contributed by atoms with van der Waals surface area (Å²) in [6.45, 7) is 2.21. The summed E-state index contributed by atoms with van der Waals surface area (Å²) in [6, 6.07) is 9.98. The number of hydrogen-bond donors (Lipinski definition) is 1. The van der Waals surface area contributed by atoms with Crippen LogP contribution in [0.5, 0.6) is 0 Å². The van der Waals surface area contributed by atoms with Crippen LogP contribution in [0.15, 0.2) is 30.3 Å². The Bertz CT molecular complexity index is 321. The molecule has 1 aromatic rings. The molecule has 0 heterocycles. The second-order valence-corrected chi connectivity index (χ2v) is 4.95. The third kappa shape index (κ3) is 5.40. The van der Waals surface area contributed by atoms with Gasteiger partial charge in [0.15, 0.2) is 5.12 Å². The Morgan fingerprint density at radius 1 is 1.12 bits per heavy atom.